The van der Waals surface area contributed by atoms with E-state index in [2.05, 4.69) is 10.4 Å². The molecule has 2 atom stereocenters. The van der Waals surface area contributed by atoms with Gasteiger partial charge in [0.25, 0.3) is 0 Å². The van der Waals surface area contributed by atoms with Crippen molar-refractivity contribution in [3.05, 3.63) is 16.1 Å². The highest BCUT2D eigenvalue weighted by Crippen LogP contribution is 2.33. The summed E-state index contributed by atoms with van der Waals surface area (Å²) in [6.07, 6.45) is 5.02. The number of hydrogen-bond acceptors (Lipinski definition) is 4. The fourth-order valence-electron chi connectivity index (χ4n) is 3.92. The maximum atomic E-state index is 12.9. The third kappa shape index (κ3) is 3.34. The standard InChI is InChI=1S/C18H25N3O2S/c1-12-11-24-17(19-12)14-3-2-6-20(9-14)18(23)15-7-16(22)21(10-15)8-13-4-5-13/h11,13-15H,2-10H2,1H3/t14-,15+/m0/s1. The number of hydrogen-bond donors (Lipinski definition) is 0. The Morgan fingerprint density at radius 2 is 2.17 bits per heavy atom. The number of rotatable bonds is 4. The Balaban J connectivity index is 1.38. The van der Waals surface area contributed by atoms with Gasteiger partial charge in [-0.05, 0) is 38.5 Å². The zero-order valence-electron chi connectivity index (χ0n) is 14.2. The Hall–Kier alpha value is -1.43. The molecule has 2 aliphatic heterocycles. The molecule has 3 heterocycles. The average Bonchev–Trinajstić information content (AvgIpc) is 3.18. The molecular weight excluding hydrogens is 322 g/mol. The van der Waals surface area contributed by atoms with Crippen LogP contribution < -0.4 is 0 Å². The molecule has 130 valence electrons. The van der Waals surface area contributed by atoms with E-state index in [1.807, 2.05) is 16.7 Å². The van der Waals surface area contributed by atoms with Crippen molar-refractivity contribution in [1.82, 2.24) is 14.8 Å². The van der Waals surface area contributed by atoms with Crippen molar-refractivity contribution in [2.75, 3.05) is 26.2 Å². The molecule has 1 aromatic rings. The third-order valence-electron chi connectivity index (χ3n) is 5.46. The van der Waals surface area contributed by atoms with Crippen molar-refractivity contribution in [2.24, 2.45) is 11.8 Å². The normalized spacial score (nSPS) is 27.8. The van der Waals surface area contributed by atoms with E-state index in [1.165, 1.54) is 12.8 Å². The van der Waals surface area contributed by atoms with Crippen LogP contribution in [0, 0.1) is 18.8 Å². The lowest BCUT2D eigenvalue weighted by molar-refractivity contribution is -0.137. The zero-order chi connectivity index (χ0) is 16.7. The predicted molar refractivity (Wildman–Crippen MR) is 92.8 cm³/mol. The van der Waals surface area contributed by atoms with E-state index in [4.69, 9.17) is 0 Å². The Labute approximate surface area is 147 Å². The van der Waals surface area contributed by atoms with E-state index < -0.39 is 0 Å². The molecule has 0 spiro atoms. The first-order valence-corrected chi connectivity index (χ1v) is 9.96. The van der Waals surface area contributed by atoms with E-state index in [0.29, 0.717) is 24.8 Å². The molecule has 0 N–H and O–H groups in total. The quantitative estimate of drug-likeness (QED) is 0.840. The van der Waals surface area contributed by atoms with Crippen molar-refractivity contribution >= 4 is 23.2 Å². The summed E-state index contributed by atoms with van der Waals surface area (Å²) in [5.74, 6) is 1.27. The highest BCUT2D eigenvalue weighted by molar-refractivity contribution is 7.09. The van der Waals surface area contributed by atoms with Crippen LogP contribution in [0.15, 0.2) is 5.38 Å². The Bertz CT molecular complexity index is 640. The fourth-order valence-corrected chi connectivity index (χ4v) is 4.85. The molecule has 1 aliphatic carbocycles. The number of carbonyl (C=O) groups is 2. The van der Waals surface area contributed by atoms with Gasteiger partial charge in [-0.2, -0.15) is 0 Å². The molecule has 0 unspecified atom stereocenters. The number of thiazole rings is 1. The van der Waals surface area contributed by atoms with Crippen LogP contribution in [0.4, 0.5) is 0 Å². The molecule has 3 aliphatic rings. The molecule has 3 fully saturated rings. The molecule has 1 saturated carbocycles. The summed E-state index contributed by atoms with van der Waals surface area (Å²) in [5.41, 5.74) is 1.07. The molecule has 0 radical (unpaired) electrons. The second-order valence-electron chi connectivity index (χ2n) is 7.59. The average molecular weight is 347 g/mol. The fraction of sp³-hybridized carbons (Fsp3) is 0.722. The number of likely N-dealkylation sites (tertiary alicyclic amines) is 2. The van der Waals surface area contributed by atoms with E-state index in [-0.39, 0.29) is 17.7 Å². The molecule has 1 aromatic heterocycles. The van der Waals surface area contributed by atoms with Crippen LogP contribution in [0.25, 0.3) is 0 Å². The summed E-state index contributed by atoms with van der Waals surface area (Å²) < 4.78 is 0. The number of aryl methyl sites for hydroxylation is 1. The largest absolute Gasteiger partial charge is 0.342 e. The Morgan fingerprint density at radius 3 is 2.88 bits per heavy atom. The van der Waals surface area contributed by atoms with Crippen LogP contribution >= 0.6 is 11.3 Å². The van der Waals surface area contributed by atoms with Crippen LogP contribution in [0.3, 0.4) is 0 Å². The van der Waals surface area contributed by atoms with Gasteiger partial charge in [0, 0.05) is 49.6 Å². The summed E-state index contributed by atoms with van der Waals surface area (Å²) in [5, 5.41) is 3.24. The summed E-state index contributed by atoms with van der Waals surface area (Å²) >= 11 is 1.71. The highest BCUT2D eigenvalue weighted by Gasteiger charge is 2.39. The van der Waals surface area contributed by atoms with E-state index >= 15 is 0 Å². The van der Waals surface area contributed by atoms with Crippen LogP contribution in [-0.2, 0) is 9.59 Å². The van der Waals surface area contributed by atoms with Gasteiger partial charge in [-0.3, -0.25) is 9.59 Å². The minimum Gasteiger partial charge on any atom is -0.342 e. The van der Waals surface area contributed by atoms with Crippen LogP contribution in [-0.4, -0.2) is 52.8 Å². The summed E-state index contributed by atoms with van der Waals surface area (Å²) in [4.78, 5) is 33.6. The van der Waals surface area contributed by atoms with Gasteiger partial charge in [0.1, 0.15) is 0 Å². The first-order valence-electron chi connectivity index (χ1n) is 9.08. The van der Waals surface area contributed by atoms with Gasteiger partial charge in [0.2, 0.25) is 11.8 Å². The van der Waals surface area contributed by atoms with E-state index in [0.717, 1.165) is 43.2 Å². The number of nitrogens with zero attached hydrogens (tertiary/aromatic N) is 3. The van der Waals surface area contributed by atoms with Gasteiger partial charge in [-0.25, -0.2) is 4.98 Å². The van der Waals surface area contributed by atoms with Gasteiger partial charge < -0.3 is 9.80 Å². The van der Waals surface area contributed by atoms with Gasteiger partial charge in [-0.1, -0.05) is 0 Å². The molecule has 24 heavy (non-hydrogen) atoms. The summed E-state index contributed by atoms with van der Waals surface area (Å²) in [6, 6.07) is 0. The SMILES string of the molecule is Cc1csc([C@H]2CCCN(C(=O)[C@@H]3CC(=O)N(CC4CC4)C3)C2)n1. The van der Waals surface area contributed by atoms with Gasteiger partial charge in [-0.15, -0.1) is 11.3 Å². The number of carbonyl (C=O) groups excluding carboxylic acids is 2. The third-order valence-corrected chi connectivity index (χ3v) is 6.58. The minimum atomic E-state index is -0.131. The number of aromatic nitrogens is 1. The highest BCUT2D eigenvalue weighted by atomic mass is 32.1. The zero-order valence-corrected chi connectivity index (χ0v) is 15.1. The van der Waals surface area contributed by atoms with Gasteiger partial charge >= 0.3 is 0 Å². The molecule has 4 rings (SSSR count). The molecule has 0 aromatic carbocycles. The smallest absolute Gasteiger partial charge is 0.228 e. The lowest BCUT2D eigenvalue weighted by Gasteiger charge is -2.33. The van der Waals surface area contributed by atoms with E-state index in [1.54, 1.807) is 11.3 Å². The predicted octanol–water partition coefficient (Wildman–Crippen LogP) is 2.42. The number of piperidine rings is 1. The van der Waals surface area contributed by atoms with Crippen molar-refractivity contribution < 1.29 is 9.59 Å². The van der Waals surface area contributed by atoms with Crippen LogP contribution in [0.2, 0.25) is 0 Å². The van der Waals surface area contributed by atoms with Crippen molar-refractivity contribution in [3.8, 4) is 0 Å². The minimum absolute atomic E-state index is 0.131. The maximum Gasteiger partial charge on any atom is 0.228 e. The first kappa shape index (κ1) is 16.1. The van der Waals surface area contributed by atoms with Crippen LogP contribution in [0.1, 0.15) is 48.7 Å². The second-order valence-corrected chi connectivity index (χ2v) is 8.48. The molecule has 2 amide bonds. The molecule has 2 saturated heterocycles. The summed E-state index contributed by atoms with van der Waals surface area (Å²) in [7, 11) is 0. The molecule has 5 nitrogen and oxygen atoms in total. The lowest BCUT2D eigenvalue weighted by atomic mass is 9.96. The Morgan fingerprint density at radius 1 is 1.33 bits per heavy atom. The van der Waals surface area contributed by atoms with Crippen molar-refractivity contribution in [1.29, 1.82) is 0 Å². The monoisotopic (exact) mass is 347 g/mol. The maximum absolute atomic E-state index is 12.9. The lowest BCUT2D eigenvalue weighted by Crippen LogP contribution is -2.43. The van der Waals surface area contributed by atoms with Crippen molar-refractivity contribution in [2.45, 2.75) is 44.9 Å². The molecule has 6 heteroatoms. The Kier molecular flexibility index (Phi) is 4.33. The first-order chi connectivity index (χ1) is 11.6. The number of amides is 2. The van der Waals surface area contributed by atoms with Gasteiger partial charge in [0.05, 0.1) is 10.9 Å². The van der Waals surface area contributed by atoms with Gasteiger partial charge in [0.15, 0.2) is 0 Å². The molecular formula is C18H25N3O2S. The van der Waals surface area contributed by atoms with Crippen LogP contribution in [0.5, 0.6) is 0 Å². The second kappa shape index (κ2) is 6.47. The topological polar surface area (TPSA) is 53.5 Å². The molecule has 0 bridgehead atoms. The van der Waals surface area contributed by atoms with E-state index in [9.17, 15) is 9.59 Å². The van der Waals surface area contributed by atoms with Crippen molar-refractivity contribution in [3.63, 3.8) is 0 Å². The summed E-state index contributed by atoms with van der Waals surface area (Å²) in [6.45, 7) is 5.10.